The Kier molecular flexibility index (Phi) is 5.44. The second-order valence-corrected chi connectivity index (χ2v) is 7.79. The Labute approximate surface area is 180 Å². The Balaban J connectivity index is 1.28. The third-order valence-corrected chi connectivity index (χ3v) is 5.75. The third kappa shape index (κ3) is 4.33. The first kappa shape index (κ1) is 19.8. The average Bonchev–Trinajstić information content (AvgIpc) is 3.26. The number of para-hydroxylation sites is 2. The van der Waals surface area contributed by atoms with Gasteiger partial charge in [0.15, 0.2) is 12.4 Å². The number of carbonyl (C=O) groups is 1. The van der Waals surface area contributed by atoms with E-state index >= 15 is 0 Å². The number of ether oxygens (including phenoxy) is 3. The van der Waals surface area contributed by atoms with Gasteiger partial charge in [-0.15, -0.1) is 0 Å². The van der Waals surface area contributed by atoms with Gasteiger partial charge in [0.05, 0.1) is 13.2 Å². The van der Waals surface area contributed by atoms with Gasteiger partial charge in [-0.2, -0.15) is 0 Å². The number of aromatic nitrogens is 1. The molecule has 7 heteroatoms. The molecule has 0 bridgehead atoms. The van der Waals surface area contributed by atoms with Crippen LogP contribution in [-0.4, -0.2) is 49.6 Å². The zero-order valence-electron chi connectivity index (χ0n) is 17.3. The van der Waals surface area contributed by atoms with Crippen LogP contribution in [0, 0.1) is 0 Å². The number of carbonyl (C=O) groups excluding carboxylic acids is 1. The van der Waals surface area contributed by atoms with E-state index in [9.17, 15) is 4.79 Å². The fraction of sp³-hybridized carbons (Fsp3) is 0.333. The van der Waals surface area contributed by atoms with Gasteiger partial charge in [-0.3, -0.25) is 4.79 Å². The zero-order chi connectivity index (χ0) is 21.1. The highest BCUT2D eigenvalue weighted by molar-refractivity contribution is 5.92. The summed E-state index contributed by atoms with van der Waals surface area (Å²) in [5.41, 5.74) is 1.49. The van der Waals surface area contributed by atoms with Crippen LogP contribution in [0.25, 0.3) is 10.9 Å². The second-order valence-electron chi connectivity index (χ2n) is 7.79. The Morgan fingerprint density at radius 3 is 2.55 bits per heavy atom. The van der Waals surface area contributed by atoms with Crippen LogP contribution >= 0.6 is 0 Å². The van der Waals surface area contributed by atoms with Crippen LogP contribution in [0.3, 0.4) is 0 Å². The Morgan fingerprint density at radius 2 is 1.77 bits per heavy atom. The van der Waals surface area contributed by atoms with Crippen LogP contribution in [0.4, 0.5) is 11.5 Å². The highest BCUT2D eigenvalue weighted by atomic mass is 16.7. The van der Waals surface area contributed by atoms with Gasteiger partial charge in [-0.05, 0) is 30.3 Å². The van der Waals surface area contributed by atoms with Crippen molar-refractivity contribution in [3.8, 4) is 5.75 Å². The number of piperidine rings is 1. The quantitative estimate of drug-likeness (QED) is 0.681. The van der Waals surface area contributed by atoms with E-state index < -0.39 is 5.79 Å². The molecule has 2 aliphatic rings. The molecule has 0 aliphatic carbocycles. The molecule has 2 fully saturated rings. The summed E-state index contributed by atoms with van der Waals surface area (Å²) in [4.78, 5) is 19.4. The first-order valence-corrected chi connectivity index (χ1v) is 10.6. The molecule has 0 unspecified atom stereocenters. The van der Waals surface area contributed by atoms with E-state index in [-0.39, 0.29) is 12.5 Å². The Hall–Kier alpha value is -3.16. The van der Waals surface area contributed by atoms with Gasteiger partial charge >= 0.3 is 0 Å². The summed E-state index contributed by atoms with van der Waals surface area (Å²) in [7, 11) is 0. The number of fused-ring (bicyclic) bond motifs is 1. The highest BCUT2D eigenvalue weighted by Crippen LogP contribution is 2.34. The maximum absolute atomic E-state index is 12.3. The van der Waals surface area contributed by atoms with E-state index in [0.717, 1.165) is 48.3 Å². The van der Waals surface area contributed by atoms with Gasteiger partial charge in [0.2, 0.25) is 0 Å². The Morgan fingerprint density at radius 1 is 1.00 bits per heavy atom. The average molecular weight is 419 g/mol. The number of rotatable bonds is 5. The lowest BCUT2D eigenvalue weighted by Crippen LogP contribution is -2.45. The highest BCUT2D eigenvalue weighted by Gasteiger charge is 2.40. The molecule has 2 saturated heterocycles. The maximum atomic E-state index is 12.3. The van der Waals surface area contributed by atoms with Crippen molar-refractivity contribution in [2.45, 2.75) is 18.6 Å². The van der Waals surface area contributed by atoms with Crippen LogP contribution in [0.15, 0.2) is 60.7 Å². The van der Waals surface area contributed by atoms with E-state index in [1.54, 1.807) is 0 Å². The first-order valence-electron chi connectivity index (χ1n) is 10.6. The van der Waals surface area contributed by atoms with Crippen molar-refractivity contribution in [3.05, 3.63) is 60.7 Å². The predicted molar refractivity (Wildman–Crippen MR) is 118 cm³/mol. The molecule has 3 heterocycles. The third-order valence-electron chi connectivity index (χ3n) is 5.75. The molecular weight excluding hydrogens is 394 g/mol. The molecule has 7 nitrogen and oxygen atoms in total. The molecule has 1 aromatic heterocycles. The van der Waals surface area contributed by atoms with E-state index in [2.05, 4.69) is 10.2 Å². The summed E-state index contributed by atoms with van der Waals surface area (Å²) < 4.78 is 17.5. The van der Waals surface area contributed by atoms with Crippen LogP contribution < -0.4 is 15.0 Å². The molecular formula is C24H25N3O4. The van der Waals surface area contributed by atoms with Crippen molar-refractivity contribution in [2.75, 3.05) is 43.1 Å². The predicted octanol–water partition coefficient (Wildman–Crippen LogP) is 3.60. The number of nitrogens with zero attached hydrogens (tertiary/aromatic N) is 2. The summed E-state index contributed by atoms with van der Waals surface area (Å²) in [5, 5.41) is 3.80. The van der Waals surface area contributed by atoms with Crippen LogP contribution in [0.5, 0.6) is 5.75 Å². The molecule has 0 saturated carbocycles. The zero-order valence-corrected chi connectivity index (χ0v) is 17.3. The lowest BCUT2D eigenvalue weighted by Gasteiger charge is -2.38. The largest absolute Gasteiger partial charge is 0.481 e. The van der Waals surface area contributed by atoms with Gasteiger partial charge in [0, 0.05) is 37.0 Å². The van der Waals surface area contributed by atoms with E-state index in [4.69, 9.17) is 19.2 Å². The fourth-order valence-corrected chi connectivity index (χ4v) is 4.13. The van der Waals surface area contributed by atoms with Crippen molar-refractivity contribution < 1.29 is 19.0 Å². The number of benzene rings is 2. The monoisotopic (exact) mass is 419 g/mol. The standard InChI is InChI=1S/C24H25N3O4/c28-22(25-19-6-2-1-3-7-19)17-29-20-8-4-5-18-9-10-21(26-23(18)20)27-13-11-24(12-14-27)30-15-16-31-24/h1-10H,11-17H2,(H,25,28). The number of nitrogens with one attached hydrogen (secondary N) is 1. The Bertz CT molecular complexity index is 1060. The minimum absolute atomic E-state index is 0.0825. The summed E-state index contributed by atoms with van der Waals surface area (Å²) in [6.45, 7) is 2.91. The number of pyridine rings is 1. The first-order chi connectivity index (χ1) is 15.2. The molecule has 1 spiro atoms. The van der Waals surface area contributed by atoms with Crippen LogP contribution in [0.1, 0.15) is 12.8 Å². The smallest absolute Gasteiger partial charge is 0.262 e. The minimum Gasteiger partial charge on any atom is -0.481 e. The summed E-state index contributed by atoms with van der Waals surface area (Å²) in [6, 6.07) is 19.2. The molecule has 1 amide bonds. The number of hydrogen-bond donors (Lipinski definition) is 1. The number of anilines is 2. The van der Waals surface area contributed by atoms with Crippen LogP contribution in [0.2, 0.25) is 0 Å². The van der Waals surface area contributed by atoms with Crippen molar-refractivity contribution in [2.24, 2.45) is 0 Å². The number of amides is 1. The van der Waals surface area contributed by atoms with Gasteiger partial charge in [0.25, 0.3) is 5.91 Å². The fourth-order valence-electron chi connectivity index (χ4n) is 4.13. The van der Waals surface area contributed by atoms with E-state index in [1.165, 1.54) is 0 Å². The maximum Gasteiger partial charge on any atom is 0.262 e. The SMILES string of the molecule is O=C(COc1cccc2ccc(N3CCC4(CC3)OCCO4)nc12)Nc1ccccc1. The summed E-state index contributed by atoms with van der Waals surface area (Å²) >= 11 is 0. The molecule has 160 valence electrons. The minimum atomic E-state index is -0.409. The lowest BCUT2D eigenvalue weighted by molar-refractivity contribution is -0.169. The van der Waals surface area contributed by atoms with Crippen molar-refractivity contribution >= 4 is 28.3 Å². The molecule has 1 N–H and O–H groups in total. The molecule has 5 rings (SSSR count). The van der Waals surface area contributed by atoms with Crippen molar-refractivity contribution in [1.82, 2.24) is 4.98 Å². The van der Waals surface area contributed by atoms with Crippen molar-refractivity contribution in [3.63, 3.8) is 0 Å². The van der Waals surface area contributed by atoms with Gasteiger partial charge in [-0.25, -0.2) is 4.98 Å². The number of hydrogen-bond acceptors (Lipinski definition) is 6. The molecule has 0 radical (unpaired) electrons. The molecule has 0 atom stereocenters. The van der Waals surface area contributed by atoms with Crippen molar-refractivity contribution in [1.29, 1.82) is 0 Å². The molecule has 3 aromatic rings. The van der Waals surface area contributed by atoms with Gasteiger partial charge in [-0.1, -0.05) is 30.3 Å². The van der Waals surface area contributed by atoms with E-state index in [0.29, 0.717) is 19.0 Å². The summed E-state index contributed by atoms with van der Waals surface area (Å²) in [5.74, 6) is 0.870. The molecule has 31 heavy (non-hydrogen) atoms. The lowest BCUT2D eigenvalue weighted by atomic mass is 10.0. The van der Waals surface area contributed by atoms with Gasteiger partial charge in [0.1, 0.15) is 17.1 Å². The topological polar surface area (TPSA) is 72.9 Å². The summed E-state index contributed by atoms with van der Waals surface area (Å²) in [6.07, 6.45) is 1.65. The molecule has 2 aliphatic heterocycles. The second kappa shape index (κ2) is 8.53. The van der Waals surface area contributed by atoms with E-state index in [1.807, 2.05) is 60.7 Å². The van der Waals surface area contributed by atoms with Crippen LogP contribution in [-0.2, 0) is 14.3 Å². The molecule has 2 aromatic carbocycles. The van der Waals surface area contributed by atoms with Gasteiger partial charge < -0.3 is 24.4 Å². The normalized spacial score (nSPS) is 17.7.